The number of hydrogen-bond donors (Lipinski definition) is 2. The molecule has 0 spiro atoms. The smallest absolute Gasteiger partial charge is 0.410 e. The van der Waals surface area contributed by atoms with Gasteiger partial charge in [-0.3, -0.25) is 9.59 Å². The molecule has 5 aromatic rings. The summed E-state index contributed by atoms with van der Waals surface area (Å²) in [6, 6.07) is 21.1. The molecule has 1 unspecified atom stereocenters. The van der Waals surface area contributed by atoms with Gasteiger partial charge in [-0.2, -0.15) is 0 Å². The zero-order chi connectivity index (χ0) is 37.9. The standard InChI is InChI=1S/C41H45ClN4O6/c1-41(2,3)52-40(49)45-19-17-26(18-20-45)23-44-37(47)25-46(35-12-8-10-27-9-6-7-11-30(27)35)38(32-16-14-29(50-4)22-36(32)51-5)39(48)28-13-15-31-33(42)24-43-34(31)21-28/h6-16,21-22,24,26,38,43H,17-20,23,25H2,1-5H3,(H,44,47)/i38D. The highest BCUT2D eigenvalue weighted by Gasteiger charge is 2.34. The number of ether oxygens (including phenoxy) is 3. The highest BCUT2D eigenvalue weighted by molar-refractivity contribution is 6.35. The Balaban J connectivity index is 1.38. The van der Waals surface area contributed by atoms with E-state index in [0.717, 1.165) is 16.2 Å². The molecule has 52 heavy (non-hydrogen) atoms. The molecule has 0 saturated carbocycles. The van der Waals surface area contributed by atoms with Crippen LogP contribution in [0.25, 0.3) is 21.7 Å². The number of likely N-dealkylation sites (tertiary alicyclic amines) is 1. The number of carbonyl (C=O) groups is 3. The van der Waals surface area contributed by atoms with Crippen LogP contribution in [0.5, 0.6) is 11.5 Å². The molecule has 1 aliphatic rings. The average molecular weight is 726 g/mol. The first-order chi connectivity index (χ1) is 25.3. The Kier molecular flexibility index (Phi) is 10.5. The van der Waals surface area contributed by atoms with E-state index in [4.69, 9.17) is 25.8 Å². The largest absolute Gasteiger partial charge is 0.497 e. The molecular weight excluding hydrogens is 680 g/mol. The molecule has 10 nitrogen and oxygen atoms in total. The van der Waals surface area contributed by atoms with E-state index < -0.39 is 17.4 Å². The molecule has 0 radical (unpaired) electrons. The minimum absolute atomic E-state index is 0.132. The van der Waals surface area contributed by atoms with Gasteiger partial charge in [0.25, 0.3) is 0 Å². The Morgan fingerprint density at radius 2 is 1.73 bits per heavy atom. The molecule has 11 heteroatoms. The van der Waals surface area contributed by atoms with Crippen LogP contribution in [0.1, 0.15) is 56.9 Å². The van der Waals surface area contributed by atoms with Gasteiger partial charge in [-0.15, -0.1) is 0 Å². The van der Waals surface area contributed by atoms with Crippen LogP contribution in [0.2, 0.25) is 5.02 Å². The molecule has 0 aliphatic carbocycles. The number of Topliss-reactive ketones (excluding diaryl/α,β-unsaturated/α-hetero) is 1. The number of benzene rings is 4. The lowest BCUT2D eigenvalue weighted by Gasteiger charge is -2.35. The van der Waals surface area contributed by atoms with Crippen molar-refractivity contribution in [3.8, 4) is 11.5 Å². The molecule has 1 aliphatic heterocycles. The topological polar surface area (TPSA) is 113 Å². The molecule has 1 aromatic heterocycles. The van der Waals surface area contributed by atoms with E-state index in [1.165, 1.54) is 14.2 Å². The lowest BCUT2D eigenvalue weighted by molar-refractivity contribution is -0.120. The predicted molar refractivity (Wildman–Crippen MR) is 205 cm³/mol. The number of aromatic amines is 1. The van der Waals surface area contributed by atoms with E-state index in [-0.39, 0.29) is 41.3 Å². The van der Waals surface area contributed by atoms with Crippen LogP contribution < -0.4 is 19.7 Å². The van der Waals surface area contributed by atoms with Crippen molar-refractivity contribution in [3.63, 3.8) is 0 Å². The van der Waals surface area contributed by atoms with E-state index in [1.54, 1.807) is 52.4 Å². The Hall–Kier alpha value is -5.22. The molecule has 1 fully saturated rings. The number of aromatic nitrogens is 1. The van der Waals surface area contributed by atoms with Gasteiger partial charge in [0.1, 0.15) is 23.1 Å². The summed E-state index contributed by atoms with van der Waals surface area (Å²) in [7, 11) is 3.00. The van der Waals surface area contributed by atoms with Crippen LogP contribution in [0.4, 0.5) is 10.5 Å². The van der Waals surface area contributed by atoms with E-state index in [1.807, 2.05) is 63.2 Å². The number of H-pyrrole nitrogens is 1. The normalized spacial score (nSPS) is 15.1. The summed E-state index contributed by atoms with van der Waals surface area (Å²) in [5.74, 6) is -0.0824. The Bertz CT molecular complexity index is 2140. The van der Waals surface area contributed by atoms with Crippen molar-refractivity contribution >= 4 is 56.7 Å². The average Bonchev–Trinajstić information content (AvgIpc) is 3.53. The first-order valence-corrected chi connectivity index (χ1v) is 17.7. The van der Waals surface area contributed by atoms with Crippen LogP contribution in [0.15, 0.2) is 85.1 Å². The maximum atomic E-state index is 15.1. The molecule has 0 bridgehead atoms. The second kappa shape index (κ2) is 15.6. The fourth-order valence-corrected chi connectivity index (χ4v) is 6.80. The minimum Gasteiger partial charge on any atom is -0.497 e. The summed E-state index contributed by atoms with van der Waals surface area (Å²) in [5, 5.41) is 5.97. The third-order valence-corrected chi connectivity index (χ3v) is 9.57. The van der Waals surface area contributed by atoms with Crippen molar-refractivity contribution < 1.29 is 30.0 Å². The molecule has 272 valence electrons. The van der Waals surface area contributed by atoms with E-state index in [2.05, 4.69) is 10.3 Å². The number of rotatable bonds is 11. The van der Waals surface area contributed by atoms with Crippen LogP contribution in [-0.2, 0) is 9.53 Å². The maximum absolute atomic E-state index is 15.1. The van der Waals surface area contributed by atoms with E-state index >= 15 is 4.79 Å². The lowest BCUT2D eigenvalue weighted by atomic mass is 9.93. The SMILES string of the molecule is [2H]C(C(=O)c1ccc2c(Cl)c[nH]c2c1)(c1ccc(OC)cc1OC)N(CC(=O)NCC1CCN(C(=O)OC(C)(C)C)CC1)c1cccc2ccccc12. The molecule has 1 saturated heterocycles. The number of ketones is 1. The quantitative estimate of drug-likeness (QED) is 0.132. The van der Waals surface area contributed by atoms with Crippen molar-refractivity contribution in [1.29, 1.82) is 0 Å². The Morgan fingerprint density at radius 3 is 2.46 bits per heavy atom. The summed E-state index contributed by atoms with van der Waals surface area (Å²) >= 11 is 6.37. The minimum atomic E-state index is -2.22. The van der Waals surface area contributed by atoms with Gasteiger partial charge < -0.3 is 34.3 Å². The summed E-state index contributed by atoms with van der Waals surface area (Å²) in [5.41, 5.74) is 1.05. The summed E-state index contributed by atoms with van der Waals surface area (Å²) in [4.78, 5) is 48.2. The van der Waals surface area contributed by atoms with Gasteiger partial charge >= 0.3 is 6.09 Å². The zero-order valence-electron chi connectivity index (χ0n) is 31.1. The zero-order valence-corrected chi connectivity index (χ0v) is 30.9. The summed E-state index contributed by atoms with van der Waals surface area (Å²) in [6.45, 7) is 6.62. The van der Waals surface area contributed by atoms with Crippen molar-refractivity contribution in [2.45, 2.75) is 45.2 Å². The first kappa shape index (κ1) is 35.2. The number of halogens is 1. The molecule has 6 rings (SSSR count). The number of anilines is 1. The van der Waals surface area contributed by atoms with E-state index in [9.17, 15) is 11.0 Å². The number of fused-ring (bicyclic) bond motifs is 2. The van der Waals surface area contributed by atoms with Crippen LogP contribution in [-0.4, -0.2) is 73.7 Å². The molecule has 2 N–H and O–H groups in total. The first-order valence-electron chi connectivity index (χ1n) is 17.9. The van der Waals surface area contributed by atoms with Gasteiger partial charge in [0.15, 0.2) is 5.78 Å². The molecule has 1 atom stereocenters. The summed E-state index contributed by atoms with van der Waals surface area (Å²) in [6.07, 6.45) is 2.70. The highest BCUT2D eigenvalue weighted by Crippen LogP contribution is 2.40. The van der Waals surface area contributed by atoms with Gasteiger partial charge in [0, 0.05) is 65.0 Å². The second-order valence-corrected chi connectivity index (χ2v) is 14.3. The van der Waals surface area contributed by atoms with Crippen molar-refractivity contribution in [2.75, 3.05) is 45.3 Å². The van der Waals surface area contributed by atoms with Crippen molar-refractivity contribution in [3.05, 3.63) is 101 Å². The monoisotopic (exact) mass is 725 g/mol. The molecule has 2 amide bonds. The van der Waals surface area contributed by atoms with Gasteiger partial charge in [0.2, 0.25) is 5.91 Å². The third kappa shape index (κ3) is 8.12. The molecular formula is C41H45ClN4O6. The fourth-order valence-electron chi connectivity index (χ4n) is 6.59. The second-order valence-electron chi connectivity index (χ2n) is 13.9. The highest BCUT2D eigenvalue weighted by atomic mass is 35.5. The number of piperidine rings is 1. The summed E-state index contributed by atoms with van der Waals surface area (Å²) < 4.78 is 27.2. The van der Waals surface area contributed by atoms with Crippen LogP contribution >= 0.6 is 11.6 Å². The number of carbonyl (C=O) groups excluding carboxylic acids is 3. The van der Waals surface area contributed by atoms with E-state index in [0.29, 0.717) is 54.5 Å². The molecule has 4 aromatic carbocycles. The molecule has 2 heterocycles. The van der Waals surface area contributed by atoms with Gasteiger partial charge in [-0.05, 0) is 69.2 Å². The van der Waals surface area contributed by atoms with Crippen molar-refractivity contribution in [2.24, 2.45) is 5.92 Å². The van der Waals surface area contributed by atoms with Crippen LogP contribution in [0, 0.1) is 5.92 Å². The number of nitrogens with one attached hydrogen (secondary N) is 2. The van der Waals surface area contributed by atoms with Crippen molar-refractivity contribution in [1.82, 2.24) is 15.2 Å². The number of amides is 2. The van der Waals surface area contributed by atoms with Gasteiger partial charge in [-0.25, -0.2) is 4.79 Å². The lowest BCUT2D eigenvalue weighted by Crippen LogP contribution is -2.46. The van der Waals surface area contributed by atoms with Crippen LogP contribution in [0.3, 0.4) is 0 Å². The van der Waals surface area contributed by atoms with Gasteiger partial charge in [-0.1, -0.05) is 60.1 Å². The maximum Gasteiger partial charge on any atom is 0.410 e. The Morgan fingerprint density at radius 1 is 0.981 bits per heavy atom. The number of hydrogen-bond acceptors (Lipinski definition) is 7. The number of nitrogens with zero attached hydrogens (tertiary/aromatic N) is 2. The number of methoxy groups -OCH3 is 2. The fraction of sp³-hybridized carbons (Fsp3) is 0.341. The Labute approximate surface area is 310 Å². The third-order valence-electron chi connectivity index (χ3n) is 9.26. The predicted octanol–water partition coefficient (Wildman–Crippen LogP) is 8.19. The van der Waals surface area contributed by atoms with Gasteiger partial charge in [0.05, 0.1) is 27.2 Å².